The zero-order valence-electron chi connectivity index (χ0n) is 22.2. The van der Waals surface area contributed by atoms with Crippen molar-refractivity contribution < 1.29 is 9.59 Å². The van der Waals surface area contributed by atoms with Gasteiger partial charge in [0, 0.05) is 23.8 Å². The van der Waals surface area contributed by atoms with Crippen LogP contribution in [0.2, 0.25) is 0 Å². The standard InChI is InChI=1S/C32H38N2O2/c1-22-16-17-27(23(2)19-22)31(36)34-18-10-15-28(29(34)20-24-11-7-6-8-12-24)30(35)33-26-14-9-13-25(21-26)32(3,4)5/h6-9,11-14,16-17,19,21,28-29H,10,15,18,20H2,1-5H3,(H,33,35). The Kier molecular flexibility index (Phi) is 7.63. The molecule has 0 aromatic heterocycles. The van der Waals surface area contributed by atoms with Gasteiger partial charge in [-0.15, -0.1) is 0 Å². The highest BCUT2D eigenvalue weighted by molar-refractivity contribution is 5.98. The molecule has 1 fully saturated rings. The van der Waals surface area contributed by atoms with E-state index in [2.05, 4.69) is 56.4 Å². The van der Waals surface area contributed by atoms with E-state index < -0.39 is 0 Å². The van der Waals surface area contributed by atoms with Crippen molar-refractivity contribution in [3.05, 3.63) is 101 Å². The summed E-state index contributed by atoms with van der Waals surface area (Å²) in [5.74, 6) is -0.285. The van der Waals surface area contributed by atoms with Crippen LogP contribution in [-0.4, -0.2) is 29.3 Å². The molecule has 0 spiro atoms. The van der Waals surface area contributed by atoms with Crippen molar-refractivity contribution in [2.24, 2.45) is 5.92 Å². The van der Waals surface area contributed by atoms with Crippen LogP contribution in [0.15, 0.2) is 72.8 Å². The molecule has 0 radical (unpaired) electrons. The molecule has 1 heterocycles. The molecule has 3 aromatic rings. The van der Waals surface area contributed by atoms with E-state index in [1.54, 1.807) is 0 Å². The molecule has 1 aliphatic rings. The van der Waals surface area contributed by atoms with Gasteiger partial charge in [0.25, 0.3) is 5.91 Å². The number of nitrogens with zero attached hydrogens (tertiary/aromatic N) is 1. The molecular formula is C32H38N2O2. The first kappa shape index (κ1) is 25.7. The molecule has 0 aliphatic carbocycles. The number of piperidine rings is 1. The summed E-state index contributed by atoms with van der Waals surface area (Å²) in [4.78, 5) is 29.5. The lowest BCUT2D eigenvalue weighted by atomic mass is 9.83. The molecule has 0 saturated carbocycles. The fourth-order valence-electron chi connectivity index (χ4n) is 5.23. The molecule has 1 aliphatic heterocycles. The van der Waals surface area contributed by atoms with Gasteiger partial charge in [-0.2, -0.15) is 0 Å². The van der Waals surface area contributed by atoms with E-state index in [0.717, 1.165) is 40.8 Å². The quantitative estimate of drug-likeness (QED) is 0.440. The third kappa shape index (κ3) is 5.87. The molecule has 36 heavy (non-hydrogen) atoms. The Labute approximate surface area is 215 Å². The number of hydrogen-bond donors (Lipinski definition) is 1. The van der Waals surface area contributed by atoms with Crippen LogP contribution in [0, 0.1) is 19.8 Å². The lowest BCUT2D eigenvalue weighted by molar-refractivity contribution is -0.123. The molecule has 3 aromatic carbocycles. The fourth-order valence-corrected chi connectivity index (χ4v) is 5.23. The molecule has 0 bridgehead atoms. The van der Waals surface area contributed by atoms with Crippen molar-refractivity contribution in [3.8, 4) is 0 Å². The minimum atomic E-state index is -0.285. The lowest BCUT2D eigenvalue weighted by Crippen LogP contribution is -2.53. The van der Waals surface area contributed by atoms with E-state index in [9.17, 15) is 9.59 Å². The highest BCUT2D eigenvalue weighted by Crippen LogP contribution is 2.31. The summed E-state index contributed by atoms with van der Waals surface area (Å²) in [6, 6.07) is 24.0. The van der Waals surface area contributed by atoms with Crippen molar-refractivity contribution in [2.45, 2.75) is 65.3 Å². The van der Waals surface area contributed by atoms with Crippen LogP contribution < -0.4 is 5.32 Å². The third-order valence-electron chi connectivity index (χ3n) is 7.27. The largest absolute Gasteiger partial charge is 0.335 e. The van der Waals surface area contributed by atoms with Crippen LogP contribution in [0.3, 0.4) is 0 Å². The molecule has 188 valence electrons. The molecule has 2 unspecified atom stereocenters. The van der Waals surface area contributed by atoms with Gasteiger partial charge in [-0.25, -0.2) is 0 Å². The number of amides is 2. The van der Waals surface area contributed by atoms with Crippen LogP contribution in [0.25, 0.3) is 0 Å². The highest BCUT2D eigenvalue weighted by atomic mass is 16.2. The summed E-state index contributed by atoms with van der Waals surface area (Å²) in [5, 5.41) is 3.18. The maximum atomic E-state index is 13.8. The van der Waals surface area contributed by atoms with E-state index >= 15 is 0 Å². The van der Waals surface area contributed by atoms with Gasteiger partial charge in [-0.05, 0) is 73.4 Å². The van der Waals surface area contributed by atoms with E-state index in [-0.39, 0.29) is 29.2 Å². The highest BCUT2D eigenvalue weighted by Gasteiger charge is 2.39. The van der Waals surface area contributed by atoms with Crippen LogP contribution >= 0.6 is 0 Å². The summed E-state index contributed by atoms with van der Waals surface area (Å²) in [5.41, 5.74) is 5.95. The van der Waals surface area contributed by atoms with Crippen LogP contribution in [0.4, 0.5) is 5.69 Å². The molecular weight excluding hydrogens is 444 g/mol. The monoisotopic (exact) mass is 482 g/mol. The lowest BCUT2D eigenvalue weighted by Gasteiger charge is -2.41. The van der Waals surface area contributed by atoms with Crippen LogP contribution in [-0.2, 0) is 16.6 Å². The summed E-state index contributed by atoms with van der Waals surface area (Å²) in [7, 11) is 0. The average molecular weight is 483 g/mol. The number of benzene rings is 3. The smallest absolute Gasteiger partial charge is 0.254 e. The van der Waals surface area contributed by atoms with Crippen LogP contribution in [0.1, 0.15) is 66.2 Å². The first-order valence-corrected chi connectivity index (χ1v) is 13.0. The van der Waals surface area contributed by atoms with Gasteiger partial charge in [-0.3, -0.25) is 9.59 Å². The Morgan fingerprint density at radius 1 is 0.944 bits per heavy atom. The molecule has 1 N–H and O–H groups in total. The topological polar surface area (TPSA) is 49.4 Å². The molecule has 4 heteroatoms. The van der Waals surface area contributed by atoms with Gasteiger partial charge < -0.3 is 10.2 Å². The minimum Gasteiger partial charge on any atom is -0.335 e. The molecule has 2 amide bonds. The van der Waals surface area contributed by atoms with E-state index in [1.165, 1.54) is 5.56 Å². The molecule has 4 rings (SSSR count). The Morgan fingerprint density at radius 3 is 2.39 bits per heavy atom. The van der Waals surface area contributed by atoms with Gasteiger partial charge in [0.15, 0.2) is 0 Å². The van der Waals surface area contributed by atoms with E-state index in [4.69, 9.17) is 0 Å². The van der Waals surface area contributed by atoms with E-state index in [1.807, 2.05) is 61.2 Å². The fraction of sp³-hybridized carbons (Fsp3) is 0.375. The van der Waals surface area contributed by atoms with Crippen molar-refractivity contribution in [2.75, 3.05) is 11.9 Å². The van der Waals surface area contributed by atoms with Gasteiger partial charge in [0.1, 0.15) is 0 Å². The van der Waals surface area contributed by atoms with Gasteiger partial charge >= 0.3 is 0 Å². The summed E-state index contributed by atoms with van der Waals surface area (Å²) in [6.07, 6.45) is 2.22. The van der Waals surface area contributed by atoms with Gasteiger partial charge in [0.2, 0.25) is 5.91 Å². The average Bonchev–Trinajstić information content (AvgIpc) is 2.84. The molecule has 1 saturated heterocycles. The second-order valence-electron chi connectivity index (χ2n) is 11.1. The second-order valence-corrected chi connectivity index (χ2v) is 11.1. The van der Waals surface area contributed by atoms with Crippen molar-refractivity contribution in [3.63, 3.8) is 0 Å². The first-order chi connectivity index (χ1) is 17.1. The summed E-state index contributed by atoms with van der Waals surface area (Å²) >= 11 is 0. The van der Waals surface area contributed by atoms with Gasteiger partial charge in [0.05, 0.1) is 5.92 Å². The number of hydrogen-bond acceptors (Lipinski definition) is 2. The SMILES string of the molecule is Cc1ccc(C(=O)N2CCCC(C(=O)Nc3cccc(C(C)(C)C)c3)C2Cc2ccccc2)c(C)c1. The first-order valence-electron chi connectivity index (χ1n) is 13.0. The van der Waals surface area contributed by atoms with Crippen molar-refractivity contribution >= 4 is 17.5 Å². The predicted octanol–water partition coefficient (Wildman–Crippen LogP) is 6.70. The van der Waals surface area contributed by atoms with Crippen LogP contribution in [0.5, 0.6) is 0 Å². The van der Waals surface area contributed by atoms with E-state index in [0.29, 0.717) is 13.0 Å². The summed E-state index contributed by atoms with van der Waals surface area (Å²) in [6.45, 7) is 11.2. The maximum Gasteiger partial charge on any atom is 0.254 e. The maximum absolute atomic E-state index is 13.8. The second kappa shape index (κ2) is 10.7. The number of nitrogens with one attached hydrogen (secondary N) is 1. The summed E-state index contributed by atoms with van der Waals surface area (Å²) < 4.78 is 0. The Morgan fingerprint density at radius 2 is 1.69 bits per heavy atom. The third-order valence-corrected chi connectivity index (χ3v) is 7.27. The zero-order chi connectivity index (χ0) is 25.9. The number of carbonyl (C=O) groups is 2. The number of likely N-dealkylation sites (tertiary alicyclic amines) is 1. The molecule has 4 nitrogen and oxygen atoms in total. The van der Waals surface area contributed by atoms with Crippen molar-refractivity contribution in [1.29, 1.82) is 0 Å². The van der Waals surface area contributed by atoms with Gasteiger partial charge in [-0.1, -0.05) is 80.9 Å². The number of rotatable bonds is 5. The number of carbonyl (C=O) groups excluding carboxylic acids is 2. The zero-order valence-corrected chi connectivity index (χ0v) is 22.2. The minimum absolute atomic E-state index is 0.00344. The Balaban J connectivity index is 1.64. The normalized spacial score (nSPS) is 18.1. The molecule has 2 atom stereocenters. The Bertz CT molecular complexity index is 1230. The van der Waals surface area contributed by atoms with Crippen molar-refractivity contribution in [1.82, 2.24) is 4.90 Å². The predicted molar refractivity (Wildman–Crippen MR) is 147 cm³/mol. The Hall–Kier alpha value is -3.40. The number of anilines is 1. The number of aryl methyl sites for hydroxylation is 2.